The highest BCUT2D eigenvalue weighted by atomic mass is 15.1. The molecule has 2 nitrogen and oxygen atoms in total. The molecule has 0 amide bonds. The SMILES string of the molecule is c1ccc(-c2cccc(N(c3ccc(Nc4cccc5ccccc45)cc3)c3cccc(-c4ccccc4)c3)c2)cc1. The molecule has 7 aromatic rings. The zero-order chi connectivity index (χ0) is 28.1. The van der Waals surface area contributed by atoms with Crippen LogP contribution >= 0.6 is 0 Å². The fourth-order valence-electron chi connectivity index (χ4n) is 5.54. The quantitative estimate of drug-likeness (QED) is 0.217. The Bertz CT molecular complexity index is 1860. The van der Waals surface area contributed by atoms with Crippen molar-refractivity contribution in [3.05, 3.63) is 176 Å². The summed E-state index contributed by atoms with van der Waals surface area (Å²) in [4.78, 5) is 2.33. The highest BCUT2D eigenvalue weighted by molar-refractivity contribution is 5.95. The molecule has 200 valence electrons. The van der Waals surface area contributed by atoms with E-state index in [4.69, 9.17) is 0 Å². The molecule has 0 heterocycles. The summed E-state index contributed by atoms with van der Waals surface area (Å²) >= 11 is 0. The molecule has 0 radical (unpaired) electrons. The van der Waals surface area contributed by atoms with Gasteiger partial charge in [0.15, 0.2) is 0 Å². The molecule has 42 heavy (non-hydrogen) atoms. The maximum absolute atomic E-state index is 3.64. The average molecular weight is 539 g/mol. The van der Waals surface area contributed by atoms with Gasteiger partial charge in [-0.25, -0.2) is 0 Å². The second-order valence-corrected chi connectivity index (χ2v) is 10.4. The van der Waals surface area contributed by atoms with Crippen molar-refractivity contribution in [2.75, 3.05) is 10.2 Å². The third-order valence-corrected chi connectivity index (χ3v) is 7.62. The predicted octanol–water partition coefficient (Wildman–Crippen LogP) is 11.4. The first-order valence-electron chi connectivity index (χ1n) is 14.3. The van der Waals surface area contributed by atoms with Gasteiger partial charge in [-0.15, -0.1) is 0 Å². The minimum absolute atomic E-state index is 1.05. The molecular formula is C40H30N2. The standard InChI is InChI=1S/C40H30N2/c1-3-12-30(13-4-1)33-18-9-20-37(28-33)42(38-21-10-19-34(29-38)31-14-5-2-6-15-31)36-26-24-35(25-27-36)41-40-23-11-17-32-16-7-8-22-39(32)40/h1-29,41H. The Hall–Kier alpha value is -5.60. The molecule has 0 spiro atoms. The summed E-state index contributed by atoms with van der Waals surface area (Å²) in [5.41, 5.74) is 10.2. The van der Waals surface area contributed by atoms with Crippen molar-refractivity contribution in [3.8, 4) is 22.3 Å². The van der Waals surface area contributed by atoms with E-state index in [0.29, 0.717) is 0 Å². The Morgan fingerprint density at radius 3 is 1.48 bits per heavy atom. The normalized spacial score (nSPS) is 10.9. The number of hydrogen-bond donors (Lipinski definition) is 1. The van der Waals surface area contributed by atoms with E-state index in [-0.39, 0.29) is 0 Å². The van der Waals surface area contributed by atoms with Gasteiger partial charge in [0.1, 0.15) is 0 Å². The number of fused-ring (bicyclic) bond motifs is 1. The molecule has 0 saturated carbocycles. The van der Waals surface area contributed by atoms with Crippen molar-refractivity contribution in [1.29, 1.82) is 0 Å². The Balaban J connectivity index is 1.29. The van der Waals surface area contributed by atoms with E-state index in [0.717, 1.165) is 28.4 Å². The Kier molecular flexibility index (Phi) is 6.94. The molecule has 7 aromatic carbocycles. The second kappa shape index (κ2) is 11.5. The first-order valence-corrected chi connectivity index (χ1v) is 14.3. The van der Waals surface area contributed by atoms with Crippen LogP contribution in [0.5, 0.6) is 0 Å². The predicted molar refractivity (Wildman–Crippen MR) is 179 cm³/mol. The molecule has 0 saturated heterocycles. The molecule has 2 heteroatoms. The summed E-state index contributed by atoms with van der Waals surface area (Å²) in [6.07, 6.45) is 0. The van der Waals surface area contributed by atoms with E-state index in [9.17, 15) is 0 Å². The van der Waals surface area contributed by atoms with E-state index >= 15 is 0 Å². The summed E-state index contributed by atoms with van der Waals surface area (Å²) in [6, 6.07) is 62.2. The summed E-state index contributed by atoms with van der Waals surface area (Å²) in [5, 5.41) is 6.07. The fourth-order valence-corrected chi connectivity index (χ4v) is 5.54. The number of hydrogen-bond acceptors (Lipinski definition) is 2. The van der Waals surface area contributed by atoms with E-state index in [1.807, 2.05) is 0 Å². The zero-order valence-electron chi connectivity index (χ0n) is 23.2. The Morgan fingerprint density at radius 2 is 0.857 bits per heavy atom. The molecule has 0 aliphatic carbocycles. The van der Waals surface area contributed by atoms with Crippen LogP contribution in [0, 0.1) is 0 Å². The van der Waals surface area contributed by atoms with Gasteiger partial charge in [-0.3, -0.25) is 0 Å². The maximum Gasteiger partial charge on any atom is 0.0467 e. The van der Waals surface area contributed by atoms with E-state index in [2.05, 4.69) is 186 Å². The van der Waals surface area contributed by atoms with Crippen molar-refractivity contribution in [2.45, 2.75) is 0 Å². The first-order chi connectivity index (χ1) is 20.8. The summed E-state index contributed by atoms with van der Waals surface area (Å²) in [5.74, 6) is 0. The fraction of sp³-hybridized carbons (Fsp3) is 0. The molecule has 7 rings (SSSR count). The van der Waals surface area contributed by atoms with Crippen molar-refractivity contribution < 1.29 is 0 Å². The van der Waals surface area contributed by atoms with Gasteiger partial charge < -0.3 is 10.2 Å². The zero-order valence-corrected chi connectivity index (χ0v) is 23.2. The van der Waals surface area contributed by atoms with Crippen LogP contribution in [0.4, 0.5) is 28.4 Å². The third-order valence-electron chi connectivity index (χ3n) is 7.62. The van der Waals surface area contributed by atoms with E-state index in [1.165, 1.54) is 33.0 Å². The smallest absolute Gasteiger partial charge is 0.0467 e. The topological polar surface area (TPSA) is 15.3 Å². The van der Waals surface area contributed by atoms with Crippen LogP contribution in [0.3, 0.4) is 0 Å². The lowest BCUT2D eigenvalue weighted by molar-refractivity contribution is 1.28. The minimum atomic E-state index is 1.05. The van der Waals surface area contributed by atoms with Crippen molar-refractivity contribution in [1.82, 2.24) is 0 Å². The molecule has 0 atom stereocenters. The largest absolute Gasteiger partial charge is 0.355 e. The van der Waals surface area contributed by atoms with Crippen LogP contribution in [0.2, 0.25) is 0 Å². The van der Waals surface area contributed by atoms with Crippen molar-refractivity contribution in [3.63, 3.8) is 0 Å². The number of nitrogens with zero attached hydrogens (tertiary/aromatic N) is 1. The molecule has 0 aromatic heterocycles. The minimum Gasteiger partial charge on any atom is -0.355 e. The lowest BCUT2D eigenvalue weighted by atomic mass is 10.0. The molecule has 0 unspecified atom stereocenters. The van der Waals surface area contributed by atoms with Crippen LogP contribution in [0.15, 0.2) is 176 Å². The second-order valence-electron chi connectivity index (χ2n) is 10.4. The molecule has 0 fully saturated rings. The van der Waals surface area contributed by atoms with Gasteiger partial charge in [0.25, 0.3) is 0 Å². The van der Waals surface area contributed by atoms with Gasteiger partial charge in [-0.2, -0.15) is 0 Å². The van der Waals surface area contributed by atoms with E-state index in [1.54, 1.807) is 0 Å². The van der Waals surface area contributed by atoms with Gasteiger partial charge in [-0.05, 0) is 82.2 Å². The third kappa shape index (κ3) is 5.26. The van der Waals surface area contributed by atoms with Crippen molar-refractivity contribution in [2.24, 2.45) is 0 Å². The first kappa shape index (κ1) is 25.4. The van der Waals surface area contributed by atoms with E-state index < -0.39 is 0 Å². The summed E-state index contributed by atoms with van der Waals surface area (Å²) in [7, 11) is 0. The average Bonchev–Trinajstić information content (AvgIpc) is 3.07. The van der Waals surface area contributed by atoms with Crippen LogP contribution in [-0.2, 0) is 0 Å². The Labute approximate surface area is 247 Å². The number of benzene rings is 7. The highest BCUT2D eigenvalue weighted by Gasteiger charge is 2.15. The maximum atomic E-state index is 3.64. The summed E-state index contributed by atoms with van der Waals surface area (Å²) in [6.45, 7) is 0. The van der Waals surface area contributed by atoms with Gasteiger partial charge in [-0.1, -0.05) is 121 Å². The van der Waals surface area contributed by atoms with Crippen molar-refractivity contribution >= 4 is 39.2 Å². The van der Waals surface area contributed by atoms with Crippen LogP contribution in [-0.4, -0.2) is 0 Å². The number of rotatable bonds is 7. The van der Waals surface area contributed by atoms with Gasteiger partial charge in [0.05, 0.1) is 0 Å². The molecule has 0 aliphatic rings. The van der Waals surface area contributed by atoms with Gasteiger partial charge in [0.2, 0.25) is 0 Å². The molecule has 0 aliphatic heterocycles. The highest BCUT2D eigenvalue weighted by Crippen LogP contribution is 2.39. The molecule has 0 bridgehead atoms. The Morgan fingerprint density at radius 1 is 0.357 bits per heavy atom. The number of anilines is 5. The number of nitrogens with one attached hydrogen (secondary N) is 1. The van der Waals surface area contributed by atoms with Gasteiger partial charge >= 0.3 is 0 Å². The lowest BCUT2D eigenvalue weighted by Gasteiger charge is -2.27. The van der Waals surface area contributed by atoms with Crippen LogP contribution in [0.25, 0.3) is 33.0 Å². The van der Waals surface area contributed by atoms with Crippen LogP contribution in [0.1, 0.15) is 0 Å². The monoisotopic (exact) mass is 538 g/mol. The lowest BCUT2D eigenvalue weighted by Crippen LogP contribution is -2.10. The summed E-state index contributed by atoms with van der Waals surface area (Å²) < 4.78 is 0. The molecular weight excluding hydrogens is 508 g/mol. The van der Waals surface area contributed by atoms with Gasteiger partial charge in [0, 0.05) is 33.8 Å². The molecule has 1 N–H and O–H groups in total. The van der Waals surface area contributed by atoms with Crippen LogP contribution < -0.4 is 10.2 Å².